The monoisotopic (exact) mass is 152 g/mol. The summed E-state index contributed by atoms with van der Waals surface area (Å²) in [5.41, 5.74) is 3.18. The van der Waals surface area contributed by atoms with Gasteiger partial charge in [0.2, 0.25) is 5.69 Å². The summed E-state index contributed by atoms with van der Waals surface area (Å²) in [5.74, 6) is 0. The minimum Gasteiger partial charge on any atom is -0.394 e. The molecule has 0 aromatic carbocycles. The van der Waals surface area contributed by atoms with Gasteiger partial charge in [0.25, 0.3) is 0 Å². The second-order valence-corrected chi connectivity index (χ2v) is 1.62. The molecule has 0 unspecified atom stereocenters. The number of alkyl halides is 3. The highest BCUT2D eigenvalue weighted by atomic mass is 19.4. The second-order valence-electron chi connectivity index (χ2n) is 1.62. The van der Waals surface area contributed by atoms with Crippen molar-refractivity contribution in [3.05, 3.63) is 12.0 Å². The molecule has 2 N–H and O–H groups in total. The zero-order chi connectivity index (χ0) is 7.78. The molecule has 0 atom stereocenters. The molecule has 56 valence electrons. The molecule has 6 heteroatoms. The molecule has 0 fully saturated rings. The summed E-state index contributed by atoms with van der Waals surface area (Å²) in [6.45, 7) is 0. The molecular formula is C4H3F3N2O. The van der Waals surface area contributed by atoms with Gasteiger partial charge in [0, 0.05) is 0 Å². The number of aromatic nitrogens is 1. The summed E-state index contributed by atoms with van der Waals surface area (Å²) < 4.78 is 39.0. The number of nitrogens with two attached hydrogens (primary N) is 1. The predicted octanol–water partition coefficient (Wildman–Crippen LogP) is 1.28. The Hall–Kier alpha value is -1.20. The molecule has 0 amide bonds. The van der Waals surface area contributed by atoms with Crippen LogP contribution < -0.4 is 5.73 Å². The Morgan fingerprint density at radius 2 is 2.10 bits per heavy atom. The number of anilines is 1. The Bertz CT molecular complexity index is 229. The van der Waals surface area contributed by atoms with Gasteiger partial charge in [0.15, 0.2) is 0 Å². The van der Waals surface area contributed by atoms with Gasteiger partial charge in [-0.25, -0.2) is 0 Å². The van der Waals surface area contributed by atoms with E-state index in [2.05, 4.69) is 9.68 Å². The van der Waals surface area contributed by atoms with Crippen molar-refractivity contribution in [2.45, 2.75) is 6.18 Å². The van der Waals surface area contributed by atoms with Crippen molar-refractivity contribution in [3.63, 3.8) is 0 Å². The smallest absolute Gasteiger partial charge is 0.394 e. The first kappa shape index (κ1) is 6.91. The molecule has 0 aliphatic heterocycles. The van der Waals surface area contributed by atoms with E-state index < -0.39 is 17.6 Å². The van der Waals surface area contributed by atoms with E-state index in [-0.39, 0.29) is 0 Å². The summed E-state index contributed by atoms with van der Waals surface area (Å²) >= 11 is 0. The van der Waals surface area contributed by atoms with Crippen LogP contribution >= 0.6 is 0 Å². The summed E-state index contributed by atoms with van der Waals surface area (Å²) in [4.78, 5) is 0. The van der Waals surface area contributed by atoms with Gasteiger partial charge in [0.05, 0.1) is 0 Å². The van der Waals surface area contributed by atoms with Crippen molar-refractivity contribution < 1.29 is 17.7 Å². The number of nitrogens with zero attached hydrogens (tertiary/aromatic N) is 1. The van der Waals surface area contributed by atoms with Crippen LogP contribution in [-0.2, 0) is 6.18 Å². The molecule has 1 heterocycles. The minimum absolute atomic E-state index is 0.493. The SMILES string of the molecule is Nc1conc1C(F)(F)F. The molecule has 0 saturated carbocycles. The lowest BCUT2D eigenvalue weighted by atomic mass is 10.4. The van der Waals surface area contributed by atoms with Gasteiger partial charge in [-0.1, -0.05) is 5.16 Å². The van der Waals surface area contributed by atoms with E-state index in [1.165, 1.54) is 0 Å². The topological polar surface area (TPSA) is 52.0 Å². The Morgan fingerprint density at radius 1 is 1.50 bits per heavy atom. The first-order chi connectivity index (χ1) is 4.52. The molecule has 0 radical (unpaired) electrons. The summed E-state index contributed by atoms with van der Waals surface area (Å²) in [5, 5.41) is 2.66. The number of hydrogen-bond acceptors (Lipinski definition) is 3. The minimum atomic E-state index is -4.52. The molecule has 1 aromatic heterocycles. The normalized spacial score (nSPS) is 11.9. The maximum atomic E-state index is 11.7. The number of halogens is 3. The van der Waals surface area contributed by atoms with Gasteiger partial charge in [-0.3, -0.25) is 0 Å². The van der Waals surface area contributed by atoms with Gasteiger partial charge in [-0.15, -0.1) is 0 Å². The zero-order valence-electron chi connectivity index (χ0n) is 4.64. The molecule has 0 spiro atoms. The maximum absolute atomic E-state index is 11.7. The third kappa shape index (κ3) is 1.04. The second kappa shape index (κ2) is 1.89. The maximum Gasteiger partial charge on any atom is 0.438 e. The van der Waals surface area contributed by atoms with E-state index in [1.54, 1.807) is 0 Å². The summed E-state index contributed by atoms with van der Waals surface area (Å²) in [6, 6.07) is 0. The number of nitrogen functional groups attached to an aromatic ring is 1. The lowest BCUT2D eigenvalue weighted by Gasteiger charge is -1.99. The zero-order valence-corrected chi connectivity index (χ0v) is 4.64. The molecule has 0 bridgehead atoms. The standard InChI is InChI=1S/C4H3F3N2O/c5-4(6,7)3-2(8)1-10-9-3/h1H,8H2. The quantitative estimate of drug-likeness (QED) is 0.609. The lowest BCUT2D eigenvalue weighted by Crippen LogP contribution is -2.07. The fourth-order valence-corrected chi connectivity index (χ4v) is 0.460. The van der Waals surface area contributed by atoms with E-state index in [0.29, 0.717) is 0 Å². The Balaban J connectivity index is 3.05. The third-order valence-corrected chi connectivity index (χ3v) is 0.866. The van der Waals surface area contributed by atoms with Crippen molar-refractivity contribution in [2.75, 3.05) is 5.73 Å². The molecular weight excluding hydrogens is 149 g/mol. The molecule has 10 heavy (non-hydrogen) atoms. The van der Waals surface area contributed by atoms with Crippen LogP contribution in [0.1, 0.15) is 5.69 Å². The number of hydrogen-bond donors (Lipinski definition) is 1. The van der Waals surface area contributed by atoms with Gasteiger partial charge >= 0.3 is 6.18 Å². The Morgan fingerprint density at radius 3 is 2.30 bits per heavy atom. The van der Waals surface area contributed by atoms with Gasteiger partial charge < -0.3 is 10.3 Å². The Labute approximate surface area is 53.6 Å². The first-order valence-electron chi connectivity index (χ1n) is 2.29. The van der Waals surface area contributed by atoms with Crippen LogP contribution in [0.2, 0.25) is 0 Å². The Kier molecular flexibility index (Phi) is 1.31. The molecule has 0 saturated heterocycles. The third-order valence-electron chi connectivity index (χ3n) is 0.866. The van der Waals surface area contributed by atoms with Crippen LogP contribution in [0.3, 0.4) is 0 Å². The average Bonchev–Trinajstić information content (AvgIpc) is 2.11. The van der Waals surface area contributed by atoms with Crippen molar-refractivity contribution in [3.8, 4) is 0 Å². The fraction of sp³-hybridized carbons (Fsp3) is 0.250. The van der Waals surface area contributed by atoms with Crippen molar-refractivity contribution in [1.82, 2.24) is 5.16 Å². The van der Waals surface area contributed by atoms with E-state index in [4.69, 9.17) is 5.73 Å². The van der Waals surface area contributed by atoms with E-state index in [0.717, 1.165) is 6.26 Å². The highest BCUT2D eigenvalue weighted by Crippen LogP contribution is 2.31. The van der Waals surface area contributed by atoms with E-state index in [1.807, 2.05) is 0 Å². The van der Waals surface area contributed by atoms with Gasteiger partial charge in [0.1, 0.15) is 12.0 Å². The van der Waals surface area contributed by atoms with Crippen LogP contribution in [-0.4, -0.2) is 5.16 Å². The molecule has 0 aliphatic carbocycles. The van der Waals surface area contributed by atoms with Gasteiger partial charge in [-0.05, 0) is 0 Å². The highest BCUT2D eigenvalue weighted by molar-refractivity contribution is 5.40. The van der Waals surface area contributed by atoms with E-state index >= 15 is 0 Å². The van der Waals surface area contributed by atoms with Crippen LogP contribution in [0, 0.1) is 0 Å². The van der Waals surface area contributed by atoms with Crippen molar-refractivity contribution in [2.24, 2.45) is 0 Å². The van der Waals surface area contributed by atoms with E-state index in [9.17, 15) is 13.2 Å². The highest BCUT2D eigenvalue weighted by Gasteiger charge is 2.36. The first-order valence-corrected chi connectivity index (χ1v) is 2.29. The number of rotatable bonds is 0. The molecule has 1 aromatic rings. The molecule has 0 aliphatic rings. The summed E-state index contributed by atoms with van der Waals surface area (Å²) in [6.07, 6.45) is -3.78. The lowest BCUT2D eigenvalue weighted by molar-refractivity contribution is -0.142. The molecule has 1 rings (SSSR count). The largest absolute Gasteiger partial charge is 0.438 e. The van der Waals surface area contributed by atoms with Gasteiger partial charge in [-0.2, -0.15) is 13.2 Å². The van der Waals surface area contributed by atoms with Crippen LogP contribution in [0.25, 0.3) is 0 Å². The van der Waals surface area contributed by atoms with Crippen molar-refractivity contribution >= 4 is 5.69 Å². The predicted molar refractivity (Wildman–Crippen MR) is 25.9 cm³/mol. The average molecular weight is 152 g/mol. The van der Waals surface area contributed by atoms with Crippen LogP contribution in [0.15, 0.2) is 10.8 Å². The summed E-state index contributed by atoms with van der Waals surface area (Å²) in [7, 11) is 0. The van der Waals surface area contributed by atoms with Crippen molar-refractivity contribution in [1.29, 1.82) is 0 Å². The molecule has 3 nitrogen and oxygen atoms in total. The fourth-order valence-electron chi connectivity index (χ4n) is 0.460. The van der Waals surface area contributed by atoms with Crippen LogP contribution in [0.4, 0.5) is 18.9 Å². The van der Waals surface area contributed by atoms with Crippen LogP contribution in [0.5, 0.6) is 0 Å².